The number of H-pyrrole nitrogens is 1. The van der Waals surface area contributed by atoms with Crippen LogP contribution < -0.4 is 5.32 Å². The number of oxazole rings is 1. The van der Waals surface area contributed by atoms with Crippen molar-refractivity contribution >= 4 is 34.2 Å². The summed E-state index contributed by atoms with van der Waals surface area (Å²) in [6.07, 6.45) is 4.86. The van der Waals surface area contributed by atoms with Crippen molar-refractivity contribution in [3.63, 3.8) is 0 Å². The summed E-state index contributed by atoms with van der Waals surface area (Å²) >= 11 is 6.41. The van der Waals surface area contributed by atoms with Crippen molar-refractivity contribution in [1.82, 2.24) is 30.4 Å². The van der Waals surface area contributed by atoms with Gasteiger partial charge in [0, 0.05) is 17.1 Å². The van der Waals surface area contributed by atoms with Gasteiger partial charge in [-0.05, 0) is 31.2 Å². The van der Waals surface area contributed by atoms with E-state index < -0.39 is 0 Å². The lowest BCUT2D eigenvalue weighted by Gasteiger charge is -2.04. The first-order chi connectivity index (χ1) is 13.7. The summed E-state index contributed by atoms with van der Waals surface area (Å²) < 4.78 is 11.1. The maximum absolute atomic E-state index is 6.41. The summed E-state index contributed by atoms with van der Waals surface area (Å²) in [6.45, 7) is 1.85. The molecule has 138 valence electrons. The average Bonchev–Trinajstić information content (AvgIpc) is 3.45. The van der Waals surface area contributed by atoms with Crippen LogP contribution >= 0.6 is 11.6 Å². The van der Waals surface area contributed by atoms with Gasteiger partial charge >= 0.3 is 6.01 Å². The number of aromatic nitrogens is 6. The van der Waals surface area contributed by atoms with Crippen LogP contribution in [-0.2, 0) is 0 Å². The number of rotatable bonds is 4. The molecule has 0 fully saturated rings. The molecule has 0 saturated carbocycles. The number of hydrogen-bond donors (Lipinski definition) is 2. The Hall–Kier alpha value is -3.72. The number of benzene rings is 1. The predicted molar refractivity (Wildman–Crippen MR) is 102 cm³/mol. The number of fused-ring (bicyclic) bond motifs is 1. The van der Waals surface area contributed by atoms with E-state index in [1.807, 2.05) is 19.1 Å². The topological polar surface area (TPSA) is 119 Å². The molecule has 0 saturated heterocycles. The number of halogens is 1. The minimum absolute atomic E-state index is 0.213. The van der Waals surface area contributed by atoms with E-state index in [2.05, 4.69) is 35.7 Å². The number of nitrogens with zero attached hydrogens (tertiary/aromatic N) is 5. The molecule has 2 N–H and O–H groups in total. The second kappa shape index (κ2) is 6.46. The van der Waals surface area contributed by atoms with Gasteiger partial charge < -0.3 is 14.2 Å². The Morgan fingerprint density at radius 2 is 2.07 bits per heavy atom. The van der Waals surface area contributed by atoms with Gasteiger partial charge in [-0.25, -0.2) is 4.98 Å². The number of aryl methyl sites for hydroxylation is 1. The molecular weight excluding hydrogens is 382 g/mol. The average molecular weight is 394 g/mol. The minimum atomic E-state index is 0.213. The molecule has 0 unspecified atom stereocenters. The van der Waals surface area contributed by atoms with Gasteiger partial charge in [0.05, 0.1) is 28.1 Å². The molecule has 0 aliphatic carbocycles. The molecule has 28 heavy (non-hydrogen) atoms. The highest BCUT2D eigenvalue weighted by Gasteiger charge is 2.14. The molecule has 0 radical (unpaired) electrons. The number of nitrogens with one attached hydrogen (secondary N) is 2. The molecule has 0 spiro atoms. The van der Waals surface area contributed by atoms with Gasteiger partial charge in [0.2, 0.25) is 11.8 Å². The SMILES string of the molecule is Cc1coc(-c2cc(-c3nnc(Nc4ccc5[nH]ncc5c4Cl)o3)ccn2)n1. The third-order valence-corrected chi connectivity index (χ3v) is 4.48. The Morgan fingerprint density at radius 1 is 1.14 bits per heavy atom. The molecule has 9 nitrogen and oxygen atoms in total. The van der Waals surface area contributed by atoms with E-state index in [-0.39, 0.29) is 6.01 Å². The summed E-state index contributed by atoms with van der Waals surface area (Å²) in [6, 6.07) is 7.42. The Kier molecular flexibility index (Phi) is 3.80. The van der Waals surface area contributed by atoms with Gasteiger partial charge in [-0.3, -0.25) is 10.1 Å². The second-order valence-electron chi connectivity index (χ2n) is 6.02. The second-order valence-corrected chi connectivity index (χ2v) is 6.40. The maximum Gasteiger partial charge on any atom is 0.320 e. The van der Waals surface area contributed by atoms with Crippen molar-refractivity contribution in [3.05, 3.63) is 53.6 Å². The van der Waals surface area contributed by atoms with E-state index in [0.717, 1.165) is 16.6 Å². The molecule has 5 rings (SSSR count). The zero-order valence-corrected chi connectivity index (χ0v) is 15.2. The molecule has 0 bridgehead atoms. The normalized spacial score (nSPS) is 11.2. The van der Waals surface area contributed by atoms with E-state index in [0.29, 0.717) is 33.7 Å². The first-order valence-corrected chi connectivity index (χ1v) is 8.66. The highest BCUT2D eigenvalue weighted by Crippen LogP contribution is 2.32. The summed E-state index contributed by atoms with van der Waals surface area (Å²) in [4.78, 5) is 8.55. The summed E-state index contributed by atoms with van der Waals surface area (Å²) in [5.41, 5.74) is 3.52. The van der Waals surface area contributed by atoms with Crippen LogP contribution in [-0.4, -0.2) is 30.4 Å². The quantitative estimate of drug-likeness (QED) is 0.462. The fourth-order valence-electron chi connectivity index (χ4n) is 2.74. The minimum Gasteiger partial charge on any atom is -0.443 e. The largest absolute Gasteiger partial charge is 0.443 e. The van der Waals surface area contributed by atoms with Gasteiger partial charge in [-0.15, -0.1) is 5.10 Å². The van der Waals surface area contributed by atoms with E-state index in [9.17, 15) is 0 Å². The van der Waals surface area contributed by atoms with Crippen molar-refractivity contribution in [2.45, 2.75) is 6.92 Å². The maximum atomic E-state index is 6.41. The van der Waals surface area contributed by atoms with Crippen LogP contribution in [0.5, 0.6) is 0 Å². The number of aromatic amines is 1. The Bertz CT molecular complexity index is 1290. The first-order valence-electron chi connectivity index (χ1n) is 8.28. The van der Waals surface area contributed by atoms with Crippen LogP contribution in [0.3, 0.4) is 0 Å². The lowest BCUT2D eigenvalue weighted by molar-refractivity contribution is 0.570. The van der Waals surface area contributed by atoms with E-state index in [1.165, 1.54) is 0 Å². The van der Waals surface area contributed by atoms with Crippen molar-refractivity contribution in [3.8, 4) is 23.0 Å². The van der Waals surface area contributed by atoms with Crippen molar-refractivity contribution < 1.29 is 8.83 Å². The standard InChI is InChI=1S/C18H12ClN7O2/c1-9-8-27-17(22-9)14-6-10(4-5-20-14)16-25-26-18(28-16)23-13-3-2-12-11(15(13)19)7-21-24-12/h2-8H,1H3,(H,21,24)(H,23,26). The van der Waals surface area contributed by atoms with E-state index in [4.69, 9.17) is 20.4 Å². The molecule has 4 aromatic heterocycles. The van der Waals surface area contributed by atoms with Crippen molar-refractivity contribution in [2.75, 3.05) is 5.32 Å². The summed E-state index contributed by atoms with van der Waals surface area (Å²) in [5, 5.41) is 19.3. The fourth-order valence-corrected chi connectivity index (χ4v) is 3.00. The third kappa shape index (κ3) is 2.87. The smallest absolute Gasteiger partial charge is 0.320 e. The zero-order chi connectivity index (χ0) is 19.1. The molecule has 10 heteroatoms. The van der Waals surface area contributed by atoms with Crippen LogP contribution in [0.2, 0.25) is 5.02 Å². The van der Waals surface area contributed by atoms with Crippen LogP contribution in [0.25, 0.3) is 33.9 Å². The molecule has 0 amide bonds. The highest BCUT2D eigenvalue weighted by molar-refractivity contribution is 6.38. The monoisotopic (exact) mass is 393 g/mol. The van der Waals surface area contributed by atoms with Gasteiger partial charge in [0.1, 0.15) is 12.0 Å². The lowest BCUT2D eigenvalue weighted by atomic mass is 10.2. The highest BCUT2D eigenvalue weighted by atomic mass is 35.5. The number of hydrogen-bond acceptors (Lipinski definition) is 8. The molecule has 0 aliphatic rings. The van der Waals surface area contributed by atoms with Gasteiger partial charge in [-0.2, -0.15) is 5.10 Å². The molecule has 0 aliphatic heterocycles. The van der Waals surface area contributed by atoms with E-state index >= 15 is 0 Å². The zero-order valence-electron chi connectivity index (χ0n) is 14.5. The van der Waals surface area contributed by atoms with Crippen LogP contribution in [0.15, 0.2) is 51.8 Å². The molecule has 5 aromatic rings. The van der Waals surface area contributed by atoms with Crippen LogP contribution in [0, 0.1) is 6.92 Å². The van der Waals surface area contributed by atoms with Crippen molar-refractivity contribution in [1.29, 1.82) is 0 Å². The molecule has 0 atom stereocenters. The van der Waals surface area contributed by atoms with Gasteiger partial charge in [0.15, 0.2) is 0 Å². The van der Waals surface area contributed by atoms with Gasteiger partial charge in [-0.1, -0.05) is 16.7 Å². The van der Waals surface area contributed by atoms with E-state index in [1.54, 1.807) is 30.8 Å². The fraction of sp³-hybridized carbons (Fsp3) is 0.0556. The van der Waals surface area contributed by atoms with Crippen LogP contribution in [0.1, 0.15) is 5.69 Å². The Morgan fingerprint density at radius 3 is 2.93 bits per heavy atom. The predicted octanol–water partition coefficient (Wildman–Crippen LogP) is 4.37. The molecule has 1 aromatic carbocycles. The van der Waals surface area contributed by atoms with Gasteiger partial charge in [0.25, 0.3) is 0 Å². The molecular formula is C18H12ClN7O2. The summed E-state index contributed by atoms with van der Waals surface area (Å²) in [7, 11) is 0. The Balaban J connectivity index is 1.44. The number of pyridine rings is 1. The lowest BCUT2D eigenvalue weighted by Crippen LogP contribution is -1.91. The third-order valence-electron chi connectivity index (χ3n) is 4.07. The summed E-state index contributed by atoms with van der Waals surface area (Å²) in [5.74, 6) is 0.757. The number of anilines is 2. The van der Waals surface area contributed by atoms with Crippen LogP contribution in [0.4, 0.5) is 11.7 Å². The first kappa shape index (κ1) is 16.5. The van der Waals surface area contributed by atoms with Crippen molar-refractivity contribution in [2.24, 2.45) is 0 Å². The Labute approximate surface area is 162 Å². The molecule has 4 heterocycles.